The maximum absolute atomic E-state index is 10.8. The second kappa shape index (κ2) is 5.12. The van der Waals surface area contributed by atoms with E-state index in [-0.39, 0.29) is 5.75 Å². The third kappa shape index (κ3) is 2.09. The normalized spacial score (nSPS) is 15.7. The summed E-state index contributed by atoms with van der Waals surface area (Å²) < 4.78 is 4.07. The molecule has 0 spiro atoms. The number of carboxylic acid groups (broad SMARTS) is 1. The molecule has 1 N–H and O–H groups in total. The van der Waals surface area contributed by atoms with Crippen LogP contribution in [0, 0.1) is 0 Å². The lowest BCUT2D eigenvalue weighted by Crippen LogP contribution is -2.19. The first kappa shape index (κ1) is 13.5. The summed E-state index contributed by atoms with van der Waals surface area (Å²) in [5.41, 5.74) is 2.94. The van der Waals surface area contributed by atoms with Crippen LogP contribution in [0.15, 0.2) is 5.16 Å². The van der Waals surface area contributed by atoms with Crippen molar-refractivity contribution in [3.8, 4) is 0 Å². The van der Waals surface area contributed by atoms with Crippen LogP contribution in [0.2, 0.25) is 0 Å². The fraction of sp³-hybridized carbons (Fsp3) is 0.615. The van der Waals surface area contributed by atoms with E-state index in [0.717, 1.165) is 41.3 Å². The molecule has 2 aromatic heterocycles. The van der Waals surface area contributed by atoms with Crippen molar-refractivity contribution in [2.75, 3.05) is 5.75 Å². The van der Waals surface area contributed by atoms with Crippen LogP contribution in [0.4, 0.5) is 0 Å². The van der Waals surface area contributed by atoms with E-state index in [0.29, 0.717) is 6.04 Å². The van der Waals surface area contributed by atoms with Gasteiger partial charge in [0, 0.05) is 13.1 Å². The van der Waals surface area contributed by atoms with E-state index in [1.807, 2.05) is 11.7 Å². The van der Waals surface area contributed by atoms with Gasteiger partial charge >= 0.3 is 5.97 Å². The predicted molar refractivity (Wildman–Crippen MR) is 77.1 cm³/mol. The molecule has 1 aliphatic rings. The summed E-state index contributed by atoms with van der Waals surface area (Å²) in [5.74, 6) is -0.763. The van der Waals surface area contributed by atoms with E-state index < -0.39 is 5.97 Å². The monoisotopic (exact) mass is 294 g/mol. The van der Waals surface area contributed by atoms with Crippen LogP contribution in [-0.4, -0.2) is 36.2 Å². The number of hydrogen-bond acceptors (Lipinski definition) is 4. The average molecular weight is 294 g/mol. The van der Waals surface area contributed by atoms with E-state index in [1.165, 1.54) is 18.2 Å². The first-order valence-corrected chi connectivity index (χ1v) is 7.88. The van der Waals surface area contributed by atoms with Crippen molar-refractivity contribution in [3.63, 3.8) is 0 Å². The lowest BCUT2D eigenvalue weighted by Gasteiger charge is -2.28. The van der Waals surface area contributed by atoms with Gasteiger partial charge in [-0.25, -0.2) is 4.98 Å². The number of aliphatic carboxylic acids is 1. The molecule has 0 unspecified atom stereocenters. The van der Waals surface area contributed by atoms with Crippen molar-refractivity contribution in [2.24, 2.45) is 7.05 Å². The zero-order valence-electron chi connectivity index (χ0n) is 11.7. The van der Waals surface area contributed by atoms with Crippen molar-refractivity contribution in [1.82, 2.24) is 19.3 Å². The van der Waals surface area contributed by atoms with Crippen LogP contribution >= 0.6 is 11.8 Å². The number of aromatic nitrogens is 4. The van der Waals surface area contributed by atoms with Crippen molar-refractivity contribution in [2.45, 2.75) is 43.8 Å². The third-order valence-corrected chi connectivity index (χ3v) is 4.74. The second-order valence-corrected chi connectivity index (χ2v) is 6.07. The first-order valence-electron chi connectivity index (χ1n) is 6.90. The Labute approximate surface area is 121 Å². The van der Waals surface area contributed by atoms with E-state index >= 15 is 0 Å². The van der Waals surface area contributed by atoms with Crippen LogP contribution in [0.3, 0.4) is 0 Å². The van der Waals surface area contributed by atoms with Gasteiger partial charge < -0.3 is 9.67 Å². The first-order chi connectivity index (χ1) is 9.61. The summed E-state index contributed by atoms with van der Waals surface area (Å²) in [6, 6.07) is 0.441. The number of hydrogen-bond donors (Lipinski definition) is 1. The van der Waals surface area contributed by atoms with Gasteiger partial charge in [0.15, 0.2) is 10.8 Å². The molecule has 0 saturated heterocycles. The fourth-order valence-corrected chi connectivity index (χ4v) is 3.41. The highest BCUT2D eigenvalue weighted by Crippen LogP contribution is 2.38. The molecule has 20 heavy (non-hydrogen) atoms. The van der Waals surface area contributed by atoms with E-state index in [2.05, 4.69) is 21.6 Å². The summed E-state index contributed by atoms with van der Waals surface area (Å²) in [5, 5.41) is 14.2. The van der Waals surface area contributed by atoms with Crippen molar-refractivity contribution >= 4 is 28.9 Å². The Morgan fingerprint density at radius 3 is 2.80 bits per heavy atom. The quantitative estimate of drug-likeness (QED) is 0.856. The van der Waals surface area contributed by atoms with E-state index in [9.17, 15) is 4.79 Å². The van der Waals surface area contributed by atoms with Gasteiger partial charge in [0.2, 0.25) is 0 Å². The molecule has 6 nitrogen and oxygen atoms in total. The molecule has 0 atom stereocenters. The number of imidazole rings is 1. The third-order valence-electron chi connectivity index (χ3n) is 3.80. The molecule has 2 heterocycles. The minimum Gasteiger partial charge on any atom is -0.481 e. The standard InChI is InChI=1S/C13H18N4O2S/c1-3-9-11-12(16(2)15-9)17(8-5-4-6-8)13(14-11)20-7-10(18)19/h8H,3-7H2,1-2H3,(H,18,19). The highest BCUT2D eigenvalue weighted by Gasteiger charge is 2.28. The summed E-state index contributed by atoms with van der Waals surface area (Å²) in [6.07, 6.45) is 4.34. The van der Waals surface area contributed by atoms with Crippen LogP contribution in [-0.2, 0) is 18.3 Å². The highest BCUT2D eigenvalue weighted by atomic mass is 32.2. The zero-order valence-corrected chi connectivity index (χ0v) is 12.5. The molecule has 0 bridgehead atoms. The largest absolute Gasteiger partial charge is 0.481 e. The van der Waals surface area contributed by atoms with Crippen LogP contribution in [0.5, 0.6) is 0 Å². The SMILES string of the molecule is CCc1nn(C)c2c1nc(SCC(=O)O)n2C1CCC1. The number of nitrogens with zero attached hydrogens (tertiary/aromatic N) is 4. The molecule has 0 amide bonds. The minimum absolute atomic E-state index is 0.0466. The van der Waals surface area contributed by atoms with Gasteiger partial charge in [0.1, 0.15) is 5.52 Å². The molecule has 3 rings (SSSR count). The lowest BCUT2D eigenvalue weighted by molar-refractivity contribution is -0.133. The summed E-state index contributed by atoms with van der Waals surface area (Å²) in [4.78, 5) is 15.5. The Kier molecular flexibility index (Phi) is 3.45. The lowest BCUT2D eigenvalue weighted by atomic mass is 9.93. The Morgan fingerprint density at radius 2 is 2.25 bits per heavy atom. The number of fused-ring (bicyclic) bond motifs is 1. The number of rotatable bonds is 5. The van der Waals surface area contributed by atoms with Crippen LogP contribution in [0.25, 0.3) is 11.2 Å². The maximum Gasteiger partial charge on any atom is 0.313 e. The predicted octanol–water partition coefficient (Wildman–Crippen LogP) is 2.23. The smallest absolute Gasteiger partial charge is 0.313 e. The van der Waals surface area contributed by atoms with Gasteiger partial charge in [-0.1, -0.05) is 18.7 Å². The van der Waals surface area contributed by atoms with Crippen molar-refractivity contribution < 1.29 is 9.90 Å². The molecule has 1 fully saturated rings. The molecule has 0 aliphatic heterocycles. The fourth-order valence-electron chi connectivity index (χ4n) is 2.62. The van der Waals surface area contributed by atoms with Gasteiger partial charge in [0.25, 0.3) is 0 Å². The van der Waals surface area contributed by atoms with Crippen LogP contribution in [0.1, 0.15) is 37.9 Å². The topological polar surface area (TPSA) is 72.9 Å². The molecule has 1 aliphatic carbocycles. The molecular weight excluding hydrogens is 276 g/mol. The van der Waals surface area contributed by atoms with E-state index in [1.54, 1.807) is 0 Å². The van der Waals surface area contributed by atoms with Gasteiger partial charge in [-0.3, -0.25) is 9.48 Å². The number of carbonyl (C=O) groups is 1. The molecule has 0 aromatic carbocycles. The number of carboxylic acids is 1. The van der Waals surface area contributed by atoms with Gasteiger partial charge in [-0.2, -0.15) is 5.10 Å². The average Bonchev–Trinajstić information content (AvgIpc) is 2.84. The summed E-state index contributed by atoms with van der Waals surface area (Å²) >= 11 is 1.30. The minimum atomic E-state index is -0.809. The highest BCUT2D eigenvalue weighted by molar-refractivity contribution is 7.99. The second-order valence-electron chi connectivity index (χ2n) is 5.13. The Morgan fingerprint density at radius 1 is 1.50 bits per heavy atom. The molecular formula is C13H18N4O2S. The number of aryl methyl sites for hydroxylation is 2. The maximum atomic E-state index is 10.8. The Bertz CT molecular complexity index is 657. The van der Waals surface area contributed by atoms with Crippen LogP contribution < -0.4 is 0 Å². The molecule has 7 heteroatoms. The van der Waals surface area contributed by atoms with E-state index in [4.69, 9.17) is 5.11 Å². The van der Waals surface area contributed by atoms with Gasteiger partial charge in [-0.15, -0.1) is 0 Å². The van der Waals surface area contributed by atoms with Gasteiger partial charge in [-0.05, 0) is 25.7 Å². The molecule has 0 radical (unpaired) electrons. The molecule has 2 aromatic rings. The summed E-state index contributed by atoms with van der Waals surface area (Å²) in [6.45, 7) is 2.06. The number of thioether (sulfide) groups is 1. The van der Waals surface area contributed by atoms with Crippen molar-refractivity contribution in [1.29, 1.82) is 0 Å². The Hall–Kier alpha value is -1.50. The summed E-state index contributed by atoms with van der Waals surface area (Å²) in [7, 11) is 1.93. The molecule has 1 saturated carbocycles. The molecule has 108 valence electrons. The Balaban J connectivity index is 2.09. The van der Waals surface area contributed by atoms with Gasteiger partial charge in [0.05, 0.1) is 11.4 Å². The van der Waals surface area contributed by atoms with Crippen molar-refractivity contribution in [3.05, 3.63) is 5.69 Å². The zero-order chi connectivity index (χ0) is 14.3.